The number of fused-ring (bicyclic) bond motifs is 1. The minimum atomic E-state index is -1.09. The largest absolute Gasteiger partial charge is 0.480 e. The summed E-state index contributed by atoms with van der Waals surface area (Å²) in [6, 6.07) is 1.18. The number of rotatable bonds is 7. The number of hydrogen-bond acceptors (Lipinski definition) is 5. The van der Waals surface area contributed by atoms with E-state index in [2.05, 4.69) is 15.6 Å². The maximum absolute atomic E-state index is 13.2. The van der Waals surface area contributed by atoms with E-state index in [0.29, 0.717) is 17.9 Å². The molecule has 2 rings (SSSR count). The highest BCUT2D eigenvalue weighted by molar-refractivity contribution is 6.05. The summed E-state index contributed by atoms with van der Waals surface area (Å²) in [4.78, 5) is 42.6. The summed E-state index contributed by atoms with van der Waals surface area (Å²) in [7, 11) is 0. The van der Waals surface area contributed by atoms with Gasteiger partial charge in [-0.25, -0.2) is 9.78 Å². The van der Waals surface area contributed by atoms with Gasteiger partial charge >= 0.3 is 5.97 Å². The van der Waals surface area contributed by atoms with Gasteiger partial charge in [0.2, 0.25) is 5.91 Å². The third kappa shape index (κ3) is 4.01. The maximum Gasteiger partial charge on any atom is 0.327 e. The maximum atomic E-state index is 13.2. The quantitative estimate of drug-likeness (QED) is 0.654. The number of carbonyl (C=O) groups is 3. The van der Waals surface area contributed by atoms with Crippen molar-refractivity contribution in [2.75, 3.05) is 11.4 Å². The molecule has 3 atom stereocenters. The molecule has 0 saturated carbocycles. The Morgan fingerprint density at radius 2 is 2.04 bits per heavy atom. The van der Waals surface area contributed by atoms with E-state index in [1.54, 1.807) is 19.1 Å². The zero-order valence-corrected chi connectivity index (χ0v) is 15.5. The molecule has 0 saturated heterocycles. The summed E-state index contributed by atoms with van der Waals surface area (Å²) in [5.41, 5.74) is 0.711. The molecule has 1 aromatic rings. The van der Waals surface area contributed by atoms with Crippen molar-refractivity contribution in [2.24, 2.45) is 5.92 Å². The number of likely N-dealkylation sites (N-methyl/N-ethyl adjacent to an activating group) is 1. The van der Waals surface area contributed by atoms with Gasteiger partial charge in [0.1, 0.15) is 17.9 Å². The number of aromatic nitrogens is 1. The molecule has 1 aliphatic heterocycles. The van der Waals surface area contributed by atoms with Gasteiger partial charge in [-0.15, -0.1) is 0 Å². The average Bonchev–Trinajstić information content (AvgIpc) is 2.98. The zero-order chi connectivity index (χ0) is 19.4. The predicted molar refractivity (Wildman–Crippen MR) is 96.8 cm³/mol. The van der Waals surface area contributed by atoms with Crippen LogP contribution < -0.4 is 15.5 Å². The van der Waals surface area contributed by atoms with Crippen molar-refractivity contribution in [2.45, 2.75) is 52.2 Å². The Kier molecular flexibility index (Phi) is 6.31. The highest BCUT2D eigenvalue weighted by Crippen LogP contribution is 2.31. The summed E-state index contributed by atoms with van der Waals surface area (Å²) in [6.07, 6.45) is 1.73. The Labute approximate surface area is 153 Å². The first kappa shape index (κ1) is 19.8. The number of carboxylic acid groups (broad SMARTS) is 1. The van der Waals surface area contributed by atoms with Gasteiger partial charge < -0.3 is 15.7 Å². The molecule has 142 valence electrons. The van der Waals surface area contributed by atoms with Crippen LogP contribution in [0.5, 0.6) is 0 Å². The number of carbonyl (C=O) groups excluding carboxylic acids is 2. The van der Waals surface area contributed by atoms with Crippen LogP contribution in [0, 0.1) is 5.92 Å². The minimum Gasteiger partial charge on any atom is -0.480 e. The van der Waals surface area contributed by atoms with Crippen LogP contribution in [0.2, 0.25) is 0 Å². The molecule has 2 heterocycles. The van der Waals surface area contributed by atoms with E-state index >= 15 is 0 Å². The summed E-state index contributed by atoms with van der Waals surface area (Å²) >= 11 is 0. The second-order valence-corrected chi connectivity index (χ2v) is 6.76. The predicted octanol–water partition coefficient (Wildman–Crippen LogP) is 0.563. The first-order valence-corrected chi connectivity index (χ1v) is 8.81. The molecule has 0 fully saturated rings. The number of nitrogens with zero attached hydrogens (tertiary/aromatic N) is 2. The van der Waals surface area contributed by atoms with Gasteiger partial charge in [0.15, 0.2) is 0 Å². The van der Waals surface area contributed by atoms with Crippen LogP contribution in [0.3, 0.4) is 0 Å². The fourth-order valence-electron chi connectivity index (χ4n) is 3.05. The molecule has 26 heavy (non-hydrogen) atoms. The molecule has 8 nitrogen and oxygen atoms in total. The highest BCUT2D eigenvalue weighted by Gasteiger charge is 2.43. The van der Waals surface area contributed by atoms with E-state index < -0.39 is 30.0 Å². The number of anilines is 1. The van der Waals surface area contributed by atoms with E-state index in [1.165, 1.54) is 11.1 Å². The van der Waals surface area contributed by atoms with Crippen LogP contribution >= 0.6 is 0 Å². The smallest absolute Gasteiger partial charge is 0.327 e. The monoisotopic (exact) mass is 362 g/mol. The van der Waals surface area contributed by atoms with E-state index in [0.717, 1.165) is 0 Å². The summed E-state index contributed by atoms with van der Waals surface area (Å²) in [6.45, 7) is 7.85. The van der Waals surface area contributed by atoms with Crippen molar-refractivity contribution in [1.82, 2.24) is 15.6 Å². The molecule has 0 radical (unpaired) electrons. The summed E-state index contributed by atoms with van der Waals surface area (Å²) < 4.78 is 0. The third-order valence-corrected chi connectivity index (χ3v) is 4.48. The van der Waals surface area contributed by atoms with Gasteiger partial charge in [0.05, 0.1) is 6.04 Å². The molecule has 1 aliphatic rings. The van der Waals surface area contributed by atoms with E-state index in [-0.39, 0.29) is 18.2 Å². The van der Waals surface area contributed by atoms with Crippen molar-refractivity contribution in [3.05, 3.63) is 23.9 Å². The molecule has 8 heteroatoms. The van der Waals surface area contributed by atoms with Gasteiger partial charge in [-0.05, 0) is 31.0 Å². The van der Waals surface area contributed by atoms with Crippen molar-refractivity contribution in [1.29, 1.82) is 0 Å². The van der Waals surface area contributed by atoms with Gasteiger partial charge in [-0.2, -0.15) is 0 Å². The first-order chi connectivity index (χ1) is 12.3. The molecule has 2 amide bonds. The lowest BCUT2D eigenvalue weighted by Crippen LogP contribution is -2.57. The molecule has 0 bridgehead atoms. The standard InChI is InChI=1S/C18H26N4O4/c1-5-19-11(4)16(23)21-14(10(2)3)17(24)22-13(18(25)26)9-12-7-6-8-20-15(12)22/h6-8,10-11,13-14,19H,5,9H2,1-4H3,(H,21,23)(H,25,26). The van der Waals surface area contributed by atoms with Gasteiger partial charge in [-0.1, -0.05) is 26.8 Å². The van der Waals surface area contributed by atoms with Crippen LogP contribution in [-0.4, -0.2) is 52.5 Å². The molecular weight excluding hydrogens is 336 g/mol. The van der Waals surface area contributed by atoms with Gasteiger partial charge in [0.25, 0.3) is 5.91 Å². The van der Waals surface area contributed by atoms with Crippen molar-refractivity contribution < 1.29 is 19.5 Å². The number of hydrogen-bond donors (Lipinski definition) is 3. The van der Waals surface area contributed by atoms with Crippen LogP contribution in [0.1, 0.15) is 33.3 Å². The Hall–Kier alpha value is -2.48. The Balaban J connectivity index is 2.29. The first-order valence-electron chi connectivity index (χ1n) is 8.81. The van der Waals surface area contributed by atoms with Crippen LogP contribution in [0.4, 0.5) is 5.82 Å². The molecule has 3 N–H and O–H groups in total. The lowest BCUT2D eigenvalue weighted by atomic mass is 10.0. The lowest BCUT2D eigenvalue weighted by molar-refractivity contribution is -0.140. The summed E-state index contributed by atoms with van der Waals surface area (Å²) in [5.74, 6) is -1.70. The molecule has 0 aromatic carbocycles. The lowest BCUT2D eigenvalue weighted by Gasteiger charge is -2.30. The van der Waals surface area contributed by atoms with E-state index in [4.69, 9.17) is 0 Å². The Bertz CT molecular complexity index is 692. The summed E-state index contributed by atoms with van der Waals surface area (Å²) in [5, 5.41) is 15.3. The van der Waals surface area contributed by atoms with Crippen LogP contribution in [0.15, 0.2) is 18.3 Å². The van der Waals surface area contributed by atoms with Crippen LogP contribution in [0.25, 0.3) is 0 Å². The topological polar surface area (TPSA) is 112 Å². The van der Waals surface area contributed by atoms with Gasteiger partial charge in [0, 0.05) is 12.6 Å². The number of amides is 2. The second-order valence-electron chi connectivity index (χ2n) is 6.76. The second kappa shape index (κ2) is 8.27. The Morgan fingerprint density at radius 1 is 1.35 bits per heavy atom. The van der Waals surface area contributed by atoms with Gasteiger partial charge in [-0.3, -0.25) is 14.5 Å². The fraction of sp³-hybridized carbons (Fsp3) is 0.556. The normalized spacial score (nSPS) is 18.3. The molecule has 0 aliphatic carbocycles. The SMILES string of the molecule is CCNC(C)C(=O)NC(C(=O)N1c2ncccc2CC1C(=O)O)C(C)C. The zero-order valence-electron chi connectivity index (χ0n) is 15.5. The Morgan fingerprint density at radius 3 is 2.62 bits per heavy atom. The fourth-order valence-corrected chi connectivity index (χ4v) is 3.05. The average molecular weight is 362 g/mol. The molecule has 3 unspecified atom stereocenters. The van der Waals surface area contributed by atoms with Crippen molar-refractivity contribution in [3.63, 3.8) is 0 Å². The third-order valence-electron chi connectivity index (χ3n) is 4.48. The number of nitrogens with one attached hydrogen (secondary N) is 2. The number of carboxylic acids is 1. The van der Waals surface area contributed by atoms with Crippen molar-refractivity contribution >= 4 is 23.6 Å². The van der Waals surface area contributed by atoms with E-state index in [9.17, 15) is 19.5 Å². The van der Waals surface area contributed by atoms with E-state index in [1.807, 2.05) is 20.8 Å². The molecule has 0 spiro atoms. The highest BCUT2D eigenvalue weighted by atomic mass is 16.4. The number of pyridine rings is 1. The van der Waals surface area contributed by atoms with Crippen LogP contribution in [-0.2, 0) is 20.8 Å². The molecular formula is C18H26N4O4. The number of aliphatic carboxylic acids is 1. The van der Waals surface area contributed by atoms with Crippen molar-refractivity contribution in [3.8, 4) is 0 Å². The molecule has 1 aromatic heterocycles. The minimum absolute atomic E-state index is 0.205.